The largest absolute Gasteiger partial charge is 0.353 e. The Morgan fingerprint density at radius 3 is 2.68 bits per heavy atom. The van der Waals surface area contributed by atoms with E-state index >= 15 is 0 Å². The number of carbonyl (C=O) groups is 1. The van der Waals surface area contributed by atoms with Gasteiger partial charge in [-0.3, -0.25) is 4.79 Å². The van der Waals surface area contributed by atoms with E-state index < -0.39 is 0 Å². The standard InChI is InChI=1S/C17H21NO/c1-3-7-13(2)18-17(19)12-15-10-6-9-14-8-4-5-11-16(14)15/h4-6,8-11,13H,3,7,12H2,1-2H3,(H,18,19). The molecule has 2 rings (SSSR count). The summed E-state index contributed by atoms with van der Waals surface area (Å²) in [5, 5.41) is 5.41. The summed E-state index contributed by atoms with van der Waals surface area (Å²) in [6, 6.07) is 14.6. The maximum atomic E-state index is 12.0. The lowest BCUT2D eigenvalue weighted by Crippen LogP contribution is -2.33. The van der Waals surface area contributed by atoms with E-state index in [2.05, 4.69) is 37.4 Å². The number of hydrogen-bond acceptors (Lipinski definition) is 1. The van der Waals surface area contributed by atoms with Crippen molar-refractivity contribution in [3.63, 3.8) is 0 Å². The maximum absolute atomic E-state index is 12.0. The van der Waals surface area contributed by atoms with Crippen LogP contribution in [0, 0.1) is 0 Å². The summed E-state index contributed by atoms with van der Waals surface area (Å²) in [7, 11) is 0. The molecule has 19 heavy (non-hydrogen) atoms. The molecule has 0 aliphatic heterocycles. The summed E-state index contributed by atoms with van der Waals surface area (Å²) in [5.74, 6) is 0.109. The van der Waals surface area contributed by atoms with Crippen LogP contribution < -0.4 is 5.32 Å². The van der Waals surface area contributed by atoms with Gasteiger partial charge < -0.3 is 5.32 Å². The fraction of sp³-hybridized carbons (Fsp3) is 0.353. The first kappa shape index (κ1) is 13.6. The molecule has 2 heteroatoms. The molecule has 100 valence electrons. The summed E-state index contributed by atoms with van der Waals surface area (Å²) < 4.78 is 0. The Bertz CT molecular complexity index is 557. The zero-order valence-electron chi connectivity index (χ0n) is 11.6. The van der Waals surface area contributed by atoms with E-state index in [4.69, 9.17) is 0 Å². The van der Waals surface area contributed by atoms with Crippen molar-refractivity contribution >= 4 is 16.7 Å². The van der Waals surface area contributed by atoms with E-state index in [1.54, 1.807) is 0 Å². The average Bonchev–Trinajstić information content (AvgIpc) is 2.39. The number of benzene rings is 2. The molecule has 1 N–H and O–H groups in total. The number of hydrogen-bond donors (Lipinski definition) is 1. The highest BCUT2D eigenvalue weighted by Crippen LogP contribution is 2.18. The smallest absolute Gasteiger partial charge is 0.224 e. The minimum absolute atomic E-state index is 0.109. The lowest BCUT2D eigenvalue weighted by molar-refractivity contribution is -0.121. The molecular weight excluding hydrogens is 234 g/mol. The molecule has 1 unspecified atom stereocenters. The Morgan fingerprint density at radius 2 is 1.89 bits per heavy atom. The first-order chi connectivity index (χ1) is 9.20. The third-order valence-electron chi connectivity index (χ3n) is 3.36. The number of carbonyl (C=O) groups excluding carboxylic acids is 1. The van der Waals surface area contributed by atoms with Crippen LogP contribution in [-0.4, -0.2) is 11.9 Å². The molecule has 0 aliphatic rings. The summed E-state index contributed by atoms with van der Waals surface area (Å²) in [5.41, 5.74) is 1.10. The van der Waals surface area contributed by atoms with Gasteiger partial charge in [-0.05, 0) is 29.7 Å². The van der Waals surface area contributed by atoms with Gasteiger partial charge in [0.1, 0.15) is 0 Å². The van der Waals surface area contributed by atoms with Crippen LogP contribution in [-0.2, 0) is 11.2 Å². The first-order valence-electron chi connectivity index (χ1n) is 6.96. The van der Waals surface area contributed by atoms with E-state index in [-0.39, 0.29) is 11.9 Å². The predicted molar refractivity (Wildman–Crippen MR) is 80.2 cm³/mol. The van der Waals surface area contributed by atoms with Crippen molar-refractivity contribution in [1.29, 1.82) is 0 Å². The van der Waals surface area contributed by atoms with Crippen LogP contribution in [0.15, 0.2) is 42.5 Å². The second kappa shape index (κ2) is 6.37. The molecule has 2 aromatic rings. The highest BCUT2D eigenvalue weighted by molar-refractivity contribution is 5.90. The van der Waals surface area contributed by atoms with Gasteiger partial charge in [0.25, 0.3) is 0 Å². The van der Waals surface area contributed by atoms with E-state index in [0.717, 1.165) is 18.4 Å². The third-order valence-corrected chi connectivity index (χ3v) is 3.36. The number of rotatable bonds is 5. The minimum Gasteiger partial charge on any atom is -0.353 e. The Morgan fingerprint density at radius 1 is 1.16 bits per heavy atom. The van der Waals surface area contributed by atoms with E-state index in [0.29, 0.717) is 6.42 Å². The number of amides is 1. The van der Waals surface area contributed by atoms with Gasteiger partial charge in [0.15, 0.2) is 0 Å². The number of nitrogens with one attached hydrogen (secondary N) is 1. The van der Waals surface area contributed by atoms with Crippen LogP contribution in [0.2, 0.25) is 0 Å². The summed E-state index contributed by atoms with van der Waals surface area (Å²) >= 11 is 0. The fourth-order valence-corrected chi connectivity index (χ4v) is 2.45. The van der Waals surface area contributed by atoms with Crippen LogP contribution in [0.25, 0.3) is 10.8 Å². The molecule has 0 fully saturated rings. The molecule has 0 saturated heterocycles. The maximum Gasteiger partial charge on any atom is 0.224 e. The van der Waals surface area contributed by atoms with Crippen molar-refractivity contribution < 1.29 is 4.79 Å². The second-order valence-corrected chi connectivity index (χ2v) is 5.07. The van der Waals surface area contributed by atoms with Gasteiger partial charge in [0.05, 0.1) is 6.42 Å². The Balaban J connectivity index is 2.11. The molecule has 1 amide bonds. The summed E-state index contributed by atoms with van der Waals surface area (Å²) in [4.78, 5) is 12.0. The predicted octanol–water partition coefficient (Wildman–Crippen LogP) is 3.69. The zero-order chi connectivity index (χ0) is 13.7. The molecule has 2 nitrogen and oxygen atoms in total. The second-order valence-electron chi connectivity index (χ2n) is 5.07. The van der Waals surface area contributed by atoms with Gasteiger partial charge in [-0.25, -0.2) is 0 Å². The quantitative estimate of drug-likeness (QED) is 0.867. The SMILES string of the molecule is CCCC(C)NC(=O)Cc1cccc2ccccc12. The molecule has 2 aromatic carbocycles. The Hall–Kier alpha value is -1.83. The van der Waals surface area contributed by atoms with Crippen molar-refractivity contribution in [2.45, 2.75) is 39.2 Å². The monoisotopic (exact) mass is 255 g/mol. The van der Waals surface area contributed by atoms with E-state index in [1.165, 1.54) is 10.8 Å². The fourth-order valence-electron chi connectivity index (χ4n) is 2.45. The molecule has 1 atom stereocenters. The number of fused-ring (bicyclic) bond motifs is 1. The van der Waals surface area contributed by atoms with E-state index in [9.17, 15) is 4.79 Å². The van der Waals surface area contributed by atoms with Gasteiger partial charge in [0, 0.05) is 6.04 Å². The summed E-state index contributed by atoms with van der Waals surface area (Å²) in [6.45, 7) is 4.19. The van der Waals surface area contributed by atoms with Crippen LogP contribution in [0.4, 0.5) is 0 Å². The van der Waals surface area contributed by atoms with Gasteiger partial charge in [-0.15, -0.1) is 0 Å². The van der Waals surface area contributed by atoms with Crippen molar-refractivity contribution in [1.82, 2.24) is 5.32 Å². The average molecular weight is 255 g/mol. The molecule has 0 spiro atoms. The molecule has 0 heterocycles. The van der Waals surface area contributed by atoms with Gasteiger partial charge in [0.2, 0.25) is 5.91 Å². The molecule has 0 aromatic heterocycles. The van der Waals surface area contributed by atoms with E-state index in [1.807, 2.05) is 24.3 Å². The molecular formula is C17H21NO. The summed E-state index contributed by atoms with van der Waals surface area (Å²) in [6.07, 6.45) is 2.58. The van der Waals surface area contributed by atoms with Crippen LogP contribution >= 0.6 is 0 Å². The molecule has 0 bridgehead atoms. The van der Waals surface area contributed by atoms with Crippen molar-refractivity contribution in [2.75, 3.05) is 0 Å². The zero-order valence-corrected chi connectivity index (χ0v) is 11.6. The molecule has 0 radical (unpaired) electrons. The van der Waals surface area contributed by atoms with Crippen molar-refractivity contribution in [3.05, 3.63) is 48.0 Å². The molecule has 0 saturated carbocycles. The third kappa shape index (κ3) is 3.57. The van der Waals surface area contributed by atoms with Gasteiger partial charge >= 0.3 is 0 Å². The van der Waals surface area contributed by atoms with Crippen molar-refractivity contribution in [3.8, 4) is 0 Å². The molecule has 0 aliphatic carbocycles. The lowest BCUT2D eigenvalue weighted by atomic mass is 10.0. The van der Waals surface area contributed by atoms with Crippen molar-refractivity contribution in [2.24, 2.45) is 0 Å². The lowest BCUT2D eigenvalue weighted by Gasteiger charge is -2.13. The topological polar surface area (TPSA) is 29.1 Å². The van der Waals surface area contributed by atoms with Crippen LogP contribution in [0.5, 0.6) is 0 Å². The normalized spacial score (nSPS) is 12.3. The van der Waals surface area contributed by atoms with Crippen LogP contribution in [0.1, 0.15) is 32.3 Å². The van der Waals surface area contributed by atoms with Crippen LogP contribution in [0.3, 0.4) is 0 Å². The van der Waals surface area contributed by atoms with Gasteiger partial charge in [-0.1, -0.05) is 55.8 Å². The van der Waals surface area contributed by atoms with Gasteiger partial charge in [-0.2, -0.15) is 0 Å². The Kier molecular flexibility index (Phi) is 4.56. The highest BCUT2D eigenvalue weighted by Gasteiger charge is 2.09. The minimum atomic E-state index is 0.109. The first-order valence-corrected chi connectivity index (χ1v) is 6.96. The Labute approximate surface area is 114 Å². The highest BCUT2D eigenvalue weighted by atomic mass is 16.1.